The van der Waals surface area contributed by atoms with Crippen LogP contribution in [0.15, 0.2) is 30.3 Å². The van der Waals surface area contributed by atoms with Gasteiger partial charge < -0.3 is 10.5 Å². The molecule has 3 rings (SSSR count). The predicted octanol–water partition coefficient (Wildman–Crippen LogP) is 1.32. The fourth-order valence-corrected chi connectivity index (χ4v) is 2.67. The van der Waals surface area contributed by atoms with Gasteiger partial charge in [0, 0.05) is 19.2 Å². The average Bonchev–Trinajstić information content (AvgIpc) is 2.80. The molecule has 2 aromatic rings. The van der Waals surface area contributed by atoms with Gasteiger partial charge in [0.15, 0.2) is 5.72 Å². The standard InChI is InChI=1S/C14H16N4O/c1-9-17-11-8-16-14(19-2,12(11)13(15)18-9)10-6-4-3-5-7-10/h3-7,16H,8H2,1-2H3,(H2,15,17,18). The Labute approximate surface area is 111 Å². The van der Waals surface area contributed by atoms with E-state index in [1.54, 1.807) is 7.11 Å². The van der Waals surface area contributed by atoms with Gasteiger partial charge in [-0.25, -0.2) is 9.97 Å². The summed E-state index contributed by atoms with van der Waals surface area (Å²) in [4.78, 5) is 8.71. The first-order valence-electron chi connectivity index (χ1n) is 6.16. The first-order chi connectivity index (χ1) is 9.17. The number of aromatic nitrogens is 2. The van der Waals surface area contributed by atoms with Gasteiger partial charge in [0.2, 0.25) is 0 Å². The average molecular weight is 256 g/mol. The van der Waals surface area contributed by atoms with Crippen LogP contribution in [0.25, 0.3) is 0 Å². The van der Waals surface area contributed by atoms with Crippen LogP contribution < -0.4 is 11.1 Å². The molecule has 0 saturated heterocycles. The zero-order valence-corrected chi connectivity index (χ0v) is 11.0. The molecule has 2 heterocycles. The van der Waals surface area contributed by atoms with Crippen molar-refractivity contribution >= 4 is 5.82 Å². The third kappa shape index (κ3) is 1.70. The van der Waals surface area contributed by atoms with Crippen LogP contribution in [-0.4, -0.2) is 17.1 Å². The molecule has 3 N–H and O–H groups in total. The quantitative estimate of drug-likeness (QED) is 0.847. The second-order valence-corrected chi connectivity index (χ2v) is 4.58. The Morgan fingerprint density at radius 3 is 2.68 bits per heavy atom. The number of nitrogens with zero attached hydrogens (tertiary/aromatic N) is 2. The van der Waals surface area contributed by atoms with Crippen molar-refractivity contribution in [1.29, 1.82) is 0 Å². The summed E-state index contributed by atoms with van der Waals surface area (Å²) >= 11 is 0. The summed E-state index contributed by atoms with van der Waals surface area (Å²) in [6.07, 6.45) is 0. The molecule has 19 heavy (non-hydrogen) atoms. The van der Waals surface area contributed by atoms with E-state index in [0.717, 1.165) is 16.8 Å². The monoisotopic (exact) mass is 256 g/mol. The van der Waals surface area contributed by atoms with Crippen LogP contribution in [0, 0.1) is 6.92 Å². The van der Waals surface area contributed by atoms with E-state index in [2.05, 4.69) is 15.3 Å². The lowest BCUT2D eigenvalue weighted by Gasteiger charge is -2.30. The predicted molar refractivity (Wildman–Crippen MR) is 72.3 cm³/mol. The minimum atomic E-state index is -0.756. The van der Waals surface area contributed by atoms with Crippen molar-refractivity contribution in [1.82, 2.24) is 15.3 Å². The Morgan fingerprint density at radius 1 is 1.26 bits per heavy atom. The zero-order chi connectivity index (χ0) is 13.5. The molecule has 0 amide bonds. The lowest BCUT2D eigenvalue weighted by molar-refractivity contribution is 0.000779. The van der Waals surface area contributed by atoms with E-state index in [0.29, 0.717) is 18.2 Å². The van der Waals surface area contributed by atoms with Gasteiger partial charge in [0.1, 0.15) is 11.6 Å². The first-order valence-corrected chi connectivity index (χ1v) is 6.16. The van der Waals surface area contributed by atoms with Gasteiger partial charge in [-0.1, -0.05) is 30.3 Å². The van der Waals surface area contributed by atoms with E-state index >= 15 is 0 Å². The van der Waals surface area contributed by atoms with Gasteiger partial charge in [-0.05, 0) is 6.92 Å². The number of fused-ring (bicyclic) bond motifs is 1. The molecule has 0 spiro atoms. The van der Waals surface area contributed by atoms with Gasteiger partial charge in [0.25, 0.3) is 0 Å². The molecule has 0 saturated carbocycles. The van der Waals surface area contributed by atoms with E-state index in [1.165, 1.54) is 0 Å². The molecule has 1 atom stereocenters. The van der Waals surface area contributed by atoms with E-state index < -0.39 is 5.72 Å². The number of nitrogens with one attached hydrogen (secondary N) is 1. The second-order valence-electron chi connectivity index (χ2n) is 4.58. The van der Waals surface area contributed by atoms with E-state index in [1.807, 2.05) is 37.3 Å². The number of aryl methyl sites for hydroxylation is 1. The highest BCUT2D eigenvalue weighted by Gasteiger charge is 2.43. The normalized spacial score (nSPS) is 21.4. The van der Waals surface area contributed by atoms with Crippen molar-refractivity contribution in [3.8, 4) is 0 Å². The van der Waals surface area contributed by atoms with Crippen LogP contribution in [0.2, 0.25) is 0 Å². The Kier molecular flexibility index (Phi) is 2.73. The third-order valence-corrected chi connectivity index (χ3v) is 3.47. The molecule has 0 aliphatic carbocycles. The lowest BCUT2D eigenvalue weighted by Crippen LogP contribution is -2.40. The van der Waals surface area contributed by atoms with Gasteiger partial charge in [-0.15, -0.1) is 0 Å². The van der Waals surface area contributed by atoms with Crippen molar-refractivity contribution in [3.63, 3.8) is 0 Å². The highest BCUT2D eigenvalue weighted by molar-refractivity contribution is 5.53. The molecule has 5 nitrogen and oxygen atoms in total. The molecule has 1 aliphatic rings. The SMILES string of the molecule is COC1(c2ccccc2)NCc2nc(C)nc(N)c21. The molecule has 1 unspecified atom stereocenters. The second kappa shape index (κ2) is 4.29. The molecular formula is C14H16N4O. The van der Waals surface area contributed by atoms with Crippen LogP contribution in [0.1, 0.15) is 22.6 Å². The summed E-state index contributed by atoms with van der Waals surface area (Å²) in [6, 6.07) is 9.93. The smallest absolute Gasteiger partial charge is 0.176 e. The number of hydrogen-bond donors (Lipinski definition) is 2. The number of rotatable bonds is 2. The summed E-state index contributed by atoms with van der Waals surface area (Å²) in [5.74, 6) is 1.15. The largest absolute Gasteiger partial charge is 0.383 e. The molecule has 5 heteroatoms. The maximum atomic E-state index is 6.09. The molecule has 1 aliphatic heterocycles. The highest BCUT2D eigenvalue weighted by atomic mass is 16.5. The Hall–Kier alpha value is -1.98. The Balaban J connectivity index is 2.24. The van der Waals surface area contributed by atoms with Crippen molar-refractivity contribution < 1.29 is 4.74 Å². The number of nitrogens with two attached hydrogens (primary N) is 1. The zero-order valence-electron chi connectivity index (χ0n) is 11.0. The maximum Gasteiger partial charge on any atom is 0.176 e. The fraction of sp³-hybridized carbons (Fsp3) is 0.286. The molecule has 1 aromatic heterocycles. The fourth-order valence-electron chi connectivity index (χ4n) is 2.67. The maximum absolute atomic E-state index is 6.09. The summed E-state index contributed by atoms with van der Waals surface area (Å²) in [5.41, 5.74) is 8.05. The van der Waals surface area contributed by atoms with E-state index in [-0.39, 0.29) is 0 Å². The van der Waals surface area contributed by atoms with Gasteiger partial charge in [-0.3, -0.25) is 5.32 Å². The molecule has 0 bridgehead atoms. The number of benzene rings is 1. The van der Waals surface area contributed by atoms with Crippen molar-refractivity contribution in [2.45, 2.75) is 19.2 Å². The van der Waals surface area contributed by atoms with Crippen LogP contribution in [0.5, 0.6) is 0 Å². The minimum Gasteiger partial charge on any atom is -0.383 e. The molecular weight excluding hydrogens is 240 g/mol. The summed E-state index contributed by atoms with van der Waals surface area (Å²) < 4.78 is 5.76. The van der Waals surface area contributed by atoms with Crippen molar-refractivity contribution in [2.75, 3.05) is 12.8 Å². The first kappa shape index (κ1) is 12.1. The van der Waals surface area contributed by atoms with Crippen LogP contribution in [0.4, 0.5) is 5.82 Å². The van der Waals surface area contributed by atoms with Gasteiger partial charge in [0.05, 0.1) is 11.3 Å². The van der Waals surface area contributed by atoms with Crippen LogP contribution >= 0.6 is 0 Å². The Morgan fingerprint density at radius 2 is 2.00 bits per heavy atom. The van der Waals surface area contributed by atoms with Crippen LogP contribution in [-0.2, 0) is 17.0 Å². The molecule has 0 radical (unpaired) electrons. The minimum absolute atomic E-state index is 0.471. The molecule has 1 aromatic carbocycles. The molecule has 0 fully saturated rings. The summed E-state index contributed by atoms with van der Waals surface area (Å²) in [5, 5.41) is 3.36. The number of anilines is 1. The highest BCUT2D eigenvalue weighted by Crippen LogP contribution is 2.39. The summed E-state index contributed by atoms with van der Waals surface area (Å²) in [6.45, 7) is 2.46. The summed E-state index contributed by atoms with van der Waals surface area (Å²) in [7, 11) is 1.66. The van der Waals surface area contributed by atoms with Gasteiger partial charge in [-0.2, -0.15) is 0 Å². The van der Waals surface area contributed by atoms with Crippen molar-refractivity contribution in [3.05, 3.63) is 53.0 Å². The topological polar surface area (TPSA) is 73.1 Å². The van der Waals surface area contributed by atoms with E-state index in [9.17, 15) is 0 Å². The van der Waals surface area contributed by atoms with Gasteiger partial charge >= 0.3 is 0 Å². The number of ether oxygens (including phenoxy) is 1. The van der Waals surface area contributed by atoms with E-state index in [4.69, 9.17) is 10.5 Å². The van der Waals surface area contributed by atoms with Crippen LogP contribution in [0.3, 0.4) is 0 Å². The van der Waals surface area contributed by atoms with Crippen molar-refractivity contribution in [2.24, 2.45) is 0 Å². The molecule has 98 valence electrons. The number of hydrogen-bond acceptors (Lipinski definition) is 5. The number of nitrogen functional groups attached to an aromatic ring is 1. The Bertz CT molecular complexity index is 614. The number of methoxy groups -OCH3 is 1. The third-order valence-electron chi connectivity index (χ3n) is 3.47. The lowest BCUT2D eigenvalue weighted by atomic mass is 9.96.